The summed E-state index contributed by atoms with van der Waals surface area (Å²) in [6.07, 6.45) is 4.83. The molecule has 0 saturated heterocycles. The zero-order valence-electron chi connectivity index (χ0n) is 13.3. The maximum atomic E-state index is 10.0. The molecule has 1 aliphatic carbocycles. The van der Waals surface area contributed by atoms with Gasteiger partial charge in [-0.25, -0.2) is 0 Å². The van der Waals surface area contributed by atoms with E-state index in [1.165, 1.54) is 25.7 Å². The average Bonchev–Trinajstić information content (AvgIpc) is 2.48. The van der Waals surface area contributed by atoms with Crippen molar-refractivity contribution in [2.75, 3.05) is 19.7 Å². The summed E-state index contributed by atoms with van der Waals surface area (Å²) in [4.78, 5) is 0. The fourth-order valence-corrected chi connectivity index (χ4v) is 2.97. The number of aliphatic hydroxyl groups excluding tert-OH is 1. The van der Waals surface area contributed by atoms with Crippen LogP contribution in [-0.2, 0) is 4.74 Å². The molecule has 1 aliphatic rings. The molecule has 0 aromatic heterocycles. The van der Waals surface area contributed by atoms with Crippen molar-refractivity contribution < 1.29 is 9.84 Å². The second-order valence-corrected chi connectivity index (χ2v) is 6.38. The Kier molecular flexibility index (Phi) is 6.22. The quantitative estimate of drug-likeness (QED) is 0.733. The molecule has 21 heavy (non-hydrogen) atoms. The van der Waals surface area contributed by atoms with Gasteiger partial charge in [-0.3, -0.25) is 0 Å². The lowest BCUT2D eigenvalue weighted by molar-refractivity contribution is -0.00405. The molecule has 0 radical (unpaired) electrons. The molecule has 2 N–H and O–H groups in total. The maximum Gasteiger partial charge on any atom is 0.0897 e. The summed E-state index contributed by atoms with van der Waals surface area (Å²) < 4.78 is 5.75. The molecule has 118 valence electrons. The Hall–Kier alpha value is -0.900. The van der Waals surface area contributed by atoms with Gasteiger partial charge in [0.25, 0.3) is 0 Å². The summed E-state index contributed by atoms with van der Waals surface area (Å²) in [6.45, 7) is 6.30. The summed E-state index contributed by atoms with van der Waals surface area (Å²) in [5.41, 5.74) is 1.65. The van der Waals surface area contributed by atoms with E-state index < -0.39 is 6.10 Å². The molecule has 0 bridgehead atoms. The van der Waals surface area contributed by atoms with Gasteiger partial charge in [0.05, 0.1) is 18.8 Å². The molecule has 0 amide bonds. The highest BCUT2D eigenvalue weighted by atomic mass is 16.5. The van der Waals surface area contributed by atoms with Gasteiger partial charge in [-0.15, -0.1) is 0 Å². The molecule has 3 nitrogen and oxygen atoms in total. The molecule has 1 fully saturated rings. The molecule has 2 atom stereocenters. The standard InChI is InChI=1S/C18H29NO2/c1-3-18(10-7-11-18)14-19-12-17(20)13-21-15(2)16-8-5-4-6-9-16/h4-6,8-9,15,17,19-20H,3,7,10-14H2,1-2H3. The van der Waals surface area contributed by atoms with Crippen molar-refractivity contribution in [2.24, 2.45) is 5.41 Å². The largest absolute Gasteiger partial charge is 0.389 e. The zero-order valence-corrected chi connectivity index (χ0v) is 13.3. The number of hydrogen-bond acceptors (Lipinski definition) is 3. The lowest BCUT2D eigenvalue weighted by Gasteiger charge is -2.41. The van der Waals surface area contributed by atoms with Crippen LogP contribution in [0.3, 0.4) is 0 Å². The van der Waals surface area contributed by atoms with Crippen LogP contribution in [0.1, 0.15) is 51.2 Å². The summed E-state index contributed by atoms with van der Waals surface area (Å²) in [5.74, 6) is 0. The zero-order chi connectivity index (χ0) is 15.1. The van der Waals surface area contributed by atoms with E-state index in [0.717, 1.165) is 12.1 Å². The van der Waals surface area contributed by atoms with Gasteiger partial charge in [0.15, 0.2) is 0 Å². The number of nitrogens with one attached hydrogen (secondary N) is 1. The van der Waals surface area contributed by atoms with E-state index in [4.69, 9.17) is 4.74 Å². The van der Waals surface area contributed by atoms with Crippen molar-refractivity contribution >= 4 is 0 Å². The predicted molar refractivity (Wildman–Crippen MR) is 86.3 cm³/mol. The fourth-order valence-electron chi connectivity index (χ4n) is 2.97. The van der Waals surface area contributed by atoms with Crippen molar-refractivity contribution in [3.8, 4) is 0 Å². The molecule has 0 heterocycles. The molecule has 0 aliphatic heterocycles. The monoisotopic (exact) mass is 291 g/mol. The van der Waals surface area contributed by atoms with Gasteiger partial charge in [-0.2, -0.15) is 0 Å². The summed E-state index contributed by atoms with van der Waals surface area (Å²) in [6, 6.07) is 10.1. The molecular formula is C18H29NO2. The Morgan fingerprint density at radius 1 is 1.29 bits per heavy atom. The van der Waals surface area contributed by atoms with E-state index in [1.807, 2.05) is 25.1 Å². The van der Waals surface area contributed by atoms with Gasteiger partial charge in [0, 0.05) is 13.1 Å². The molecule has 1 aromatic carbocycles. The van der Waals surface area contributed by atoms with Crippen LogP contribution in [0.15, 0.2) is 30.3 Å². The third-order valence-corrected chi connectivity index (χ3v) is 4.85. The van der Waals surface area contributed by atoms with Gasteiger partial charge in [0.2, 0.25) is 0 Å². The van der Waals surface area contributed by atoms with E-state index in [0.29, 0.717) is 18.6 Å². The molecule has 2 rings (SSSR count). The molecule has 2 unspecified atom stereocenters. The molecular weight excluding hydrogens is 262 g/mol. The van der Waals surface area contributed by atoms with Crippen LogP contribution in [0.25, 0.3) is 0 Å². The van der Waals surface area contributed by atoms with Crippen LogP contribution >= 0.6 is 0 Å². The van der Waals surface area contributed by atoms with Crippen molar-refractivity contribution in [3.63, 3.8) is 0 Å². The van der Waals surface area contributed by atoms with E-state index in [9.17, 15) is 5.11 Å². The minimum Gasteiger partial charge on any atom is -0.389 e. The number of benzene rings is 1. The van der Waals surface area contributed by atoms with Crippen molar-refractivity contribution in [2.45, 2.75) is 51.7 Å². The first-order valence-corrected chi connectivity index (χ1v) is 8.20. The second-order valence-electron chi connectivity index (χ2n) is 6.38. The number of ether oxygens (including phenoxy) is 1. The van der Waals surface area contributed by atoms with Gasteiger partial charge in [0.1, 0.15) is 0 Å². The summed E-state index contributed by atoms with van der Waals surface area (Å²) >= 11 is 0. The smallest absolute Gasteiger partial charge is 0.0897 e. The van der Waals surface area contributed by atoms with Gasteiger partial charge in [-0.05, 0) is 37.2 Å². The van der Waals surface area contributed by atoms with Gasteiger partial charge in [-0.1, -0.05) is 43.7 Å². The average molecular weight is 291 g/mol. The first-order valence-electron chi connectivity index (χ1n) is 8.20. The second kappa shape index (κ2) is 7.92. The van der Waals surface area contributed by atoms with Crippen LogP contribution in [-0.4, -0.2) is 30.9 Å². The van der Waals surface area contributed by atoms with Crippen molar-refractivity contribution in [3.05, 3.63) is 35.9 Å². The fraction of sp³-hybridized carbons (Fsp3) is 0.667. The van der Waals surface area contributed by atoms with E-state index in [-0.39, 0.29) is 6.10 Å². The van der Waals surface area contributed by atoms with E-state index in [2.05, 4.69) is 24.4 Å². The third kappa shape index (κ3) is 4.80. The Balaban J connectivity index is 1.62. The summed E-state index contributed by atoms with van der Waals surface area (Å²) in [7, 11) is 0. The van der Waals surface area contributed by atoms with Crippen LogP contribution < -0.4 is 5.32 Å². The lowest BCUT2D eigenvalue weighted by Crippen LogP contribution is -2.42. The maximum absolute atomic E-state index is 10.0. The van der Waals surface area contributed by atoms with Crippen LogP contribution in [0, 0.1) is 5.41 Å². The molecule has 1 aromatic rings. The van der Waals surface area contributed by atoms with Crippen LogP contribution in [0.4, 0.5) is 0 Å². The normalized spacial score (nSPS) is 19.8. The molecule has 3 heteroatoms. The minimum atomic E-state index is -0.440. The van der Waals surface area contributed by atoms with E-state index >= 15 is 0 Å². The highest BCUT2D eigenvalue weighted by Crippen LogP contribution is 2.42. The van der Waals surface area contributed by atoms with E-state index in [1.54, 1.807) is 0 Å². The Morgan fingerprint density at radius 2 is 2.00 bits per heavy atom. The van der Waals surface area contributed by atoms with Gasteiger partial charge < -0.3 is 15.2 Å². The highest BCUT2D eigenvalue weighted by Gasteiger charge is 2.34. The lowest BCUT2D eigenvalue weighted by atomic mass is 9.67. The summed E-state index contributed by atoms with van der Waals surface area (Å²) in [5, 5.41) is 13.4. The number of aliphatic hydroxyl groups is 1. The number of rotatable bonds is 9. The minimum absolute atomic E-state index is 0.0227. The van der Waals surface area contributed by atoms with Crippen LogP contribution in [0.5, 0.6) is 0 Å². The molecule has 1 saturated carbocycles. The van der Waals surface area contributed by atoms with Gasteiger partial charge >= 0.3 is 0 Å². The SMILES string of the molecule is CCC1(CNCC(O)COC(C)c2ccccc2)CCC1. The Labute approximate surface area is 128 Å². The Morgan fingerprint density at radius 3 is 2.57 bits per heavy atom. The predicted octanol–water partition coefficient (Wildman–Crippen LogP) is 3.30. The first-order chi connectivity index (χ1) is 10.2. The van der Waals surface area contributed by atoms with Crippen LogP contribution in [0.2, 0.25) is 0 Å². The first kappa shape index (κ1) is 16.5. The topological polar surface area (TPSA) is 41.5 Å². The van der Waals surface area contributed by atoms with Crippen molar-refractivity contribution in [1.29, 1.82) is 0 Å². The number of hydrogen-bond donors (Lipinski definition) is 2. The Bertz CT molecular complexity index is 397. The third-order valence-electron chi connectivity index (χ3n) is 4.85. The molecule has 0 spiro atoms. The van der Waals surface area contributed by atoms with Crippen molar-refractivity contribution in [1.82, 2.24) is 5.32 Å². The highest BCUT2D eigenvalue weighted by molar-refractivity contribution is 5.16.